The summed E-state index contributed by atoms with van der Waals surface area (Å²) in [6.45, 7) is 7.24. The average molecular weight is 376 g/mol. The van der Waals surface area contributed by atoms with Crippen LogP contribution in [0.3, 0.4) is 0 Å². The minimum atomic E-state index is -0.538. The van der Waals surface area contributed by atoms with Crippen LogP contribution < -0.4 is 14.8 Å². The van der Waals surface area contributed by atoms with Gasteiger partial charge in [-0.05, 0) is 43.4 Å². The molecule has 0 saturated carbocycles. The highest BCUT2D eigenvalue weighted by atomic mass is 16.6. The summed E-state index contributed by atoms with van der Waals surface area (Å²) in [4.78, 5) is 22.4. The van der Waals surface area contributed by atoms with Gasteiger partial charge in [0.2, 0.25) is 5.91 Å². The van der Waals surface area contributed by atoms with Gasteiger partial charge in [-0.2, -0.15) is 4.68 Å². The lowest BCUT2D eigenvalue weighted by molar-refractivity contribution is -0.389. The number of amides is 1. The molecule has 0 aliphatic rings. The number of nitrogens with zero attached hydrogens (tertiary/aromatic N) is 3. The van der Waals surface area contributed by atoms with E-state index in [9.17, 15) is 14.9 Å². The number of carbonyl (C=O) groups is 1. The predicted molar refractivity (Wildman–Crippen MR) is 99.1 cm³/mol. The standard InChI is InChI=1S/C18H24N4O5/c1-4-26-15-7-6-14(11-16(15)27-5-2)12-18(23)19-8-9-21-13(3)10-17(20-21)22(24)25/h6-7,10-11H,4-5,8-9,12H2,1-3H3,(H,19,23). The quantitative estimate of drug-likeness (QED) is 0.503. The molecule has 9 heteroatoms. The van der Waals surface area contributed by atoms with E-state index < -0.39 is 4.92 Å². The molecule has 0 saturated heterocycles. The van der Waals surface area contributed by atoms with Crippen LogP contribution in [0, 0.1) is 17.0 Å². The second-order valence-electron chi connectivity index (χ2n) is 5.80. The number of hydrogen-bond donors (Lipinski definition) is 1. The summed E-state index contributed by atoms with van der Waals surface area (Å²) >= 11 is 0. The zero-order valence-corrected chi connectivity index (χ0v) is 15.7. The molecule has 2 rings (SSSR count). The van der Waals surface area contributed by atoms with Crippen LogP contribution in [0.5, 0.6) is 11.5 Å². The fourth-order valence-corrected chi connectivity index (χ4v) is 2.56. The normalized spacial score (nSPS) is 10.5. The van der Waals surface area contributed by atoms with Crippen molar-refractivity contribution in [2.45, 2.75) is 33.7 Å². The van der Waals surface area contributed by atoms with E-state index in [1.807, 2.05) is 19.9 Å². The highest BCUT2D eigenvalue weighted by molar-refractivity contribution is 5.78. The largest absolute Gasteiger partial charge is 0.490 e. The summed E-state index contributed by atoms with van der Waals surface area (Å²) in [5.41, 5.74) is 1.48. The molecule has 1 aromatic heterocycles. The van der Waals surface area contributed by atoms with Gasteiger partial charge < -0.3 is 24.9 Å². The number of carbonyl (C=O) groups excluding carboxylic acids is 1. The Balaban J connectivity index is 1.90. The van der Waals surface area contributed by atoms with Gasteiger partial charge in [-0.3, -0.25) is 4.79 Å². The molecule has 27 heavy (non-hydrogen) atoms. The Morgan fingerprint density at radius 3 is 2.56 bits per heavy atom. The maximum atomic E-state index is 12.2. The number of aryl methyl sites for hydroxylation is 1. The van der Waals surface area contributed by atoms with E-state index in [2.05, 4.69) is 10.4 Å². The van der Waals surface area contributed by atoms with Crippen LogP contribution in [0.4, 0.5) is 5.82 Å². The first-order valence-corrected chi connectivity index (χ1v) is 8.78. The van der Waals surface area contributed by atoms with Crippen molar-refractivity contribution in [1.29, 1.82) is 0 Å². The van der Waals surface area contributed by atoms with Crippen molar-refractivity contribution in [2.24, 2.45) is 0 Å². The molecule has 0 unspecified atom stereocenters. The van der Waals surface area contributed by atoms with E-state index in [1.165, 1.54) is 10.7 Å². The monoisotopic (exact) mass is 376 g/mol. The zero-order valence-electron chi connectivity index (χ0n) is 15.7. The Labute approximate surface area is 157 Å². The van der Waals surface area contributed by atoms with Crippen molar-refractivity contribution in [3.8, 4) is 11.5 Å². The van der Waals surface area contributed by atoms with E-state index in [-0.39, 0.29) is 18.1 Å². The van der Waals surface area contributed by atoms with Gasteiger partial charge in [0.25, 0.3) is 0 Å². The van der Waals surface area contributed by atoms with Crippen molar-refractivity contribution >= 4 is 11.7 Å². The van der Waals surface area contributed by atoms with Crippen LogP contribution in [0.25, 0.3) is 0 Å². The molecule has 2 aromatic rings. The number of nitro groups is 1. The van der Waals surface area contributed by atoms with Gasteiger partial charge in [0.05, 0.1) is 43.0 Å². The van der Waals surface area contributed by atoms with Crippen LogP contribution in [-0.4, -0.2) is 40.4 Å². The summed E-state index contributed by atoms with van der Waals surface area (Å²) in [7, 11) is 0. The zero-order chi connectivity index (χ0) is 19.8. The molecule has 1 N–H and O–H groups in total. The molecule has 1 aromatic carbocycles. The lowest BCUT2D eigenvalue weighted by Gasteiger charge is -2.12. The van der Waals surface area contributed by atoms with Crippen LogP contribution in [0.2, 0.25) is 0 Å². The van der Waals surface area contributed by atoms with Crippen molar-refractivity contribution in [3.05, 3.63) is 45.6 Å². The van der Waals surface area contributed by atoms with E-state index in [4.69, 9.17) is 9.47 Å². The third-order valence-corrected chi connectivity index (χ3v) is 3.77. The van der Waals surface area contributed by atoms with Gasteiger partial charge in [-0.15, -0.1) is 0 Å². The SMILES string of the molecule is CCOc1ccc(CC(=O)NCCn2nc([N+](=O)[O-])cc2C)cc1OCC. The van der Waals surface area contributed by atoms with Crippen LogP contribution >= 0.6 is 0 Å². The van der Waals surface area contributed by atoms with Crippen LogP contribution in [0.15, 0.2) is 24.3 Å². The number of benzene rings is 1. The smallest absolute Gasteiger partial charge is 0.390 e. The fourth-order valence-electron chi connectivity index (χ4n) is 2.56. The highest BCUT2D eigenvalue weighted by Crippen LogP contribution is 2.28. The summed E-state index contributed by atoms with van der Waals surface area (Å²) in [5.74, 6) is 0.918. The summed E-state index contributed by atoms with van der Waals surface area (Å²) in [6, 6.07) is 6.82. The lowest BCUT2D eigenvalue weighted by atomic mass is 10.1. The first-order valence-electron chi connectivity index (χ1n) is 8.78. The third kappa shape index (κ3) is 5.70. The highest BCUT2D eigenvalue weighted by Gasteiger charge is 2.15. The topological polar surface area (TPSA) is 109 Å². The first-order chi connectivity index (χ1) is 12.9. The van der Waals surface area contributed by atoms with Gasteiger partial charge in [0.15, 0.2) is 11.5 Å². The van der Waals surface area contributed by atoms with Gasteiger partial charge in [-0.25, -0.2) is 0 Å². The molecule has 0 aliphatic carbocycles. The minimum Gasteiger partial charge on any atom is -0.490 e. The van der Waals surface area contributed by atoms with Crippen LogP contribution in [-0.2, 0) is 17.8 Å². The fraction of sp³-hybridized carbons (Fsp3) is 0.444. The van der Waals surface area contributed by atoms with E-state index in [1.54, 1.807) is 19.1 Å². The molecule has 1 heterocycles. The number of rotatable bonds is 10. The molecular formula is C18H24N4O5. The number of ether oxygens (including phenoxy) is 2. The Morgan fingerprint density at radius 1 is 1.22 bits per heavy atom. The first kappa shape index (κ1) is 20.2. The molecule has 0 spiro atoms. The van der Waals surface area contributed by atoms with Gasteiger partial charge in [0, 0.05) is 6.54 Å². The average Bonchev–Trinajstić information content (AvgIpc) is 2.99. The van der Waals surface area contributed by atoms with Crippen molar-refractivity contribution in [1.82, 2.24) is 15.1 Å². The third-order valence-electron chi connectivity index (χ3n) is 3.77. The molecule has 0 fully saturated rings. The van der Waals surface area contributed by atoms with Crippen molar-refractivity contribution in [2.75, 3.05) is 19.8 Å². The predicted octanol–water partition coefficient (Wildman–Crippen LogP) is 2.26. The van der Waals surface area contributed by atoms with E-state index >= 15 is 0 Å². The molecular weight excluding hydrogens is 352 g/mol. The Hall–Kier alpha value is -3.10. The maximum absolute atomic E-state index is 12.2. The second kappa shape index (κ2) is 9.56. The van der Waals surface area contributed by atoms with Gasteiger partial charge in [-0.1, -0.05) is 6.07 Å². The maximum Gasteiger partial charge on any atom is 0.390 e. The molecule has 0 bridgehead atoms. The van der Waals surface area contributed by atoms with Gasteiger partial charge >= 0.3 is 5.82 Å². The summed E-state index contributed by atoms with van der Waals surface area (Å²) in [5, 5.41) is 17.4. The molecule has 0 radical (unpaired) electrons. The summed E-state index contributed by atoms with van der Waals surface area (Å²) in [6.07, 6.45) is 0.199. The van der Waals surface area contributed by atoms with Crippen molar-refractivity contribution in [3.63, 3.8) is 0 Å². The van der Waals surface area contributed by atoms with E-state index in [0.29, 0.717) is 43.5 Å². The Bertz CT molecular complexity index is 803. The minimum absolute atomic E-state index is 0.152. The Morgan fingerprint density at radius 2 is 1.93 bits per heavy atom. The second-order valence-corrected chi connectivity index (χ2v) is 5.80. The molecule has 146 valence electrons. The number of nitrogens with one attached hydrogen (secondary N) is 1. The number of hydrogen-bond acceptors (Lipinski definition) is 6. The van der Waals surface area contributed by atoms with E-state index in [0.717, 1.165) is 5.56 Å². The van der Waals surface area contributed by atoms with Crippen LogP contribution in [0.1, 0.15) is 25.1 Å². The molecule has 1 amide bonds. The molecule has 0 atom stereocenters. The number of aromatic nitrogens is 2. The lowest BCUT2D eigenvalue weighted by Crippen LogP contribution is -2.29. The Kier molecular flexibility index (Phi) is 7.16. The van der Waals surface area contributed by atoms with Crippen molar-refractivity contribution < 1.29 is 19.2 Å². The molecule has 9 nitrogen and oxygen atoms in total. The van der Waals surface area contributed by atoms with Gasteiger partial charge in [0.1, 0.15) is 0 Å². The summed E-state index contributed by atoms with van der Waals surface area (Å²) < 4.78 is 12.6. The molecule has 0 aliphatic heterocycles.